The Kier molecular flexibility index (Phi) is 4.55. The summed E-state index contributed by atoms with van der Waals surface area (Å²) in [6.45, 7) is 2.94. The van der Waals surface area contributed by atoms with Crippen molar-refractivity contribution in [2.45, 2.75) is 13.0 Å². The fourth-order valence-electron chi connectivity index (χ4n) is 1.53. The van der Waals surface area contributed by atoms with E-state index in [9.17, 15) is 5.11 Å². The minimum absolute atomic E-state index is 0.430. The molecule has 1 atom stereocenters. The molecule has 0 aliphatic heterocycles. The molecular weight excluding hydrogens is 248 g/mol. The Morgan fingerprint density at radius 2 is 2.33 bits per heavy atom. The molecule has 0 saturated carbocycles. The number of rotatable bonds is 6. The van der Waals surface area contributed by atoms with Gasteiger partial charge in [-0.15, -0.1) is 0 Å². The van der Waals surface area contributed by atoms with Gasteiger partial charge in [-0.1, -0.05) is 6.07 Å². The average Bonchev–Trinajstić information content (AvgIpc) is 2.91. The molecule has 4 nitrogen and oxygen atoms in total. The SMILES string of the molecule is CCOc1cccc(NCC(O)c2ccsc2)n1. The summed E-state index contributed by atoms with van der Waals surface area (Å²) in [5, 5.41) is 16.9. The molecule has 0 aliphatic carbocycles. The Balaban J connectivity index is 1.91. The maximum absolute atomic E-state index is 9.93. The maximum Gasteiger partial charge on any atom is 0.215 e. The zero-order valence-electron chi connectivity index (χ0n) is 10.2. The first-order chi connectivity index (χ1) is 8.79. The lowest BCUT2D eigenvalue weighted by atomic mass is 10.2. The smallest absolute Gasteiger partial charge is 0.215 e. The summed E-state index contributed by atoms with van der Waals surface area (Å²) in [5.41, 5.74) is 0.925. The topological polar surface area (TPSA) is 54.4 Å². The number of nitrogens with zero attached hydrogens (tertiary/aromatic N) is 1. The van der Waals surface area contributed by atoms with Gasteiger partial charge in [-0.2, -0.15) is 16.3 Å². The van der Waals surface area contributed by atoms with Crippen LogP contribution < -0.4 is 10.1 Å². The summed E-state index contributed by atoms with van der Waals surface area (Å²) < 4.78 is 5.31. The second kappa shape index (κ2) is 6.37. The molecule has 0 radical (unpaired) electrons. The van der Waals surface area contributed by atoms with Crippen molar-refractivity contribution in [3.8, 4) is 5.88 Å². The van der Waals surface area contributed by atoms with Crippen LogP contribution in [0.1, 0.15) is 18.6 Å². The number of ether oxygens (including phenoxy) is 1. The lowest BCUT2D eigenvalue weighted by Gasteiger charge is -2.11. The van der Waals surface area contributed by atoms with Gasteiger partial charge in [0.25, 0.3) is 0 Å². The molecule has 0 saturated heterocycles. The molecule has 1 unspecified atom stereocenters. The lowest BCUT2D eigenvalue weighted by Crippen LogP contribution is -2.12. The second-order valence-electron chi connectivity index (χ2n) is 3.75. The number of anilines is 1. The van der Waals surface area contributed by atoms with Crippen LogP contribution in [0.15, 0.2) is 35.0 Å². The first-order valence-corrected chi connectivity index (χ1v) is 6.77. The highest BCUT2D eigenvalue weighted by atomic mass is 32.1. The third kappa shape index (κ3) is 3.45. The monoisotopic (exact) mass is 264 g/mol. The molecule has 0 aromatic carbocycles. The van der Waals surface area contributed by atoms with Crippen LogP contribution in [0.2, 0.25) is 0 Å². The summed E-state index contributed by atoms with van der Waals surface area (Å²) in [6.07, 6.45) is -0.520. The van der Waals surface area contributed by atoms with Gasteiger partial charge in [-0.05, 0) is 35.4 Å². The molecule has 2 heterocycles. The second-order valence-corrected chi connectivity index (χ2v) is 4.53. The molecule has 96 valence electrons. The van der Waals surface area contributed by atoms with Crippen molar-refractivity contribution in [1.82, 2.24) is 4.98 Å². The fraction of sp³-hybridized carbons (Fsp3) is 0.308. The number of pyridine rings is 1. The van der Waals surface area contributed by atoms with Crippen LogP contribution in [-0.2, 0) is 0 Å². The molecule has 0 fully saturated rings. The van der Waals surface area contributed by atoms with E-state index in [1.54, 1.807) is 11.3 Å². The molecule has 0 bridgehead atoms. The van der Waals surface area contributed by atoms with Crippen LogP contribution in [0.4, 0.5) is 5.82 Å². The van der Waals surface area contributed by atoms with Crippen molar-refractivity contribution >= 4 is 17.2 Å². The minimum atomic E-state index is -0.520. The van der Waals surface area contributed by atoms with Crippen molar-refractivity contribution < 1.29 is 9.84 Å². The predicted octanol–water partition coefficient (Wildman–Crippen LogP) is 2.69. The number of aliphatic hydroxyl groups is 1. The number of thiophene rings is 1. The summed E-state index contributed by atoms with van der Waals surface area (Å²) in [7, 11) is 0. The Morgan fingerprint density at radius 1 is 1.44 bits per heavy atom. The van der Waals surface area contributed by atoms with Gasteiger partial charge in [0, 0.05) is 12.6 Å². The number of hydrogen-bond acceptors (Lipinski definition) is 5. The molecule has 0 spiro atoms. The van der Waals surface area contributed by atoms with Gasteiger partial charge in [0.15, 0.2) is 0 Å². The van der Waals surface area contributed by atoms with Crippen LogP contribution >= 0.6 is 11.3 Å². The summed E-state index contributed by atoms with van der Waals surface area (Å²) in [5.74, 6) is 1.29. The van der Waals surface area contributed by atoms with E-state index in [0.717, 1.165) is 5.56 Å². The number of aliphatic hydroxyl groups excluding tert-OH is 1. The summed E-state index contributed by atoms with van der Waals surface area (Å²) in [6, 6.07) is 7.45. The van der Waals surface area contributed by atoms with Crippen LogP contribution in [0.25, 0.3) is 0 Å². The van der Waals surface area contributed by atoms with Crippen LogP contribution in [0.5, 0.6) is 5.88 Å². The molecule has 0 aliphatic rings. The molecule has 2 rings (SSSR count). The highest BCUT2D eigenvalue weighted by Gasteiger charge is 2.07. The van der Waals surface area contributed by atoms with E-state index < -0.39 is 6.10 Å². The third-order valence-corrected chi connectivity index (χ3v) is 3.12. The molecule has 0 amide bonds. The Bertz CT molecular complexity index is 474. The molecule has 18 heavy (non-hydrogen) atoms. The maximum atomic E-state index is 9.93. The van der Waals surface area contributed by atoms with Gasteiger partial charge in [0.05, 0.1) is 12.7 Å². The van der Waals surface area contributed by atoms with E-state index in [1.165, 1.54) is 0 Å². The number of aromatic nitrogens is 1. The lowest BCUT2D eigenvalue weighted by molar-refractivity contribution is 0.192. The molecule has 5 heteroatoms. The quantitative estimate of drug-likeness (QED) is 0.842. The van der Waals surface area contributed by atoms with Crippen LogP contribution in [-0.4, -0.2) is 23.2 Å². The van der Waals surface area contributed by atoms with Gasteiger partial charge >= 0.3 is 0 Å². The van der Waals surface area contributed by atoms with E-state index in [0.29, 0.717) is 24.8 Å². The molecular formula is C13H16N2O2S. The van der Waals surface area contributed by atoms with Gasteiger partial charge in [-0.3, -0.25) is 0 Å². The predicted molar refractivity (Wildman–Crippen MR) is 73.2 cm³/mol. The van der Waals surface area contributed by atoms with Crippen molar-refractivity contribution in [2.24, 2.45) is 0 Å². The Labute approximate surface area is 110 Å². The van der Waals surface area contributed by atoms with E-state index in [-0.39, 0.29) is 0 Å². The van der Waals surface area contributed by atoms with E-state index >= 15 is 0 Å². The van der Waals surface area contributed by atoms with Crippen LogP contribution in [0, 0.1) is 0 Å². The highest BCUT2D eigenvalue weighted by Crippen LogP contribution is 2.17. The summed E-state index contributed by atoms with van der Waals surface area (Å²) >= 11 is 1.58. The zero-order valence-corrected chi connectivity index (χ0v) is 11.0. The van der Waals surface area contributed by atoms with Gasteiger partial charge in [0.1, 0.15) is 5.82 Å². The summed E-state index contributed by atoms with van der Waals surface area (Å²) in [4.78, 5) is 4.27. The van der Waals surface area contributed by atoms with Gasteiger partial charge < -0.3 is 15.2 Å². The van der Waals surface area contributed by atoms with Crippen molar-refractivity contribution in [3.63, 3.8) is 0 Å². The first-order valence-electron chi connectivity index (χ1n) is 5.83. The molecule has 2 aromatic rings. The van der Waals surface area contributed by atoms with E-state index in [2.05, 4.69) is 10.3 Å². The van der Waals surface area contributed by atoms with E-state index in [4.69, 9.17) is 4.74 Å². The van der Waals surface area contributed by atoms with Crippen molar-refractivity contribution in [1.29, 1.82) is 0 Å². The Hall–Kier alpha value is -1.59. The molecule has 2 aromatic heterocycles. The van der Waals surface area contributed by atoms with Crippen LogP contribution in [0.3, 0.4) is 0 Å². The standard InChI is InChI=1S/C13H16N2O2S/c1-2-17-13-5-3-4-12(15-13)14-8-11(16)10-6-7-18-9-10/h3-7,9,11,16H,2,8H2,1H3,(H,14,15). The first kappa shape index (κ1) is 12.9. The van der Waals surface area contributed by atoms with Crippen molar-refractivity contribution in [3.05, 3.63) is 40.6 Å². The number of hydrogen-bond donors (Lipinski definition) is 2. The van der Waals surface area contributed by atoms with Gasteiger partial charge in [-0.25, -0.2) is 0 Å². The highest BCUT2D eigenvalue weighted by molar-refractivity contribution is 7.07. The van der Waals surface area contributed by atoms with E-state index in [1.807, 2.05) is 41.9 Å². The Morgan fingerprint density at radius 3 is 3.06 bits per heavy atom. The molecule has 2 N–H and O–H groups in total. The minimum Gasteiger partial charge on any atom is -0.478 e. The zero-order chi connectivity index (χ0) is 12.8. The van der Waals surface area contributed by atoms with Crippen molar-refractivity contribution in [2.75, 3.05) is 18.5 Å². The van der Waals surface area contributed by atoms with Gasteiger partial charge in [0.2, 0.25) is 5.88 Å². The third-order valence-electron chi connectivity index (χ3n) is 2.42. The normalized spacial score (nSPS) is 12.1. The number of nitrogens with one attached hydrogen (secondary N) is 1. The largest absolute Gasteiger partial charge is 0.478 e. The fourth-order valence-corrected chi connectivity index (χ4v) is 2.23. The average molecular weight is 264 g/mol.